The molecule has 2 aromatic carbocycles. The summed E-state index contributed by atoms with van der Waals surface area (Å²) in [6.07, 6.45) is 0. The van der Waals surface area contributed by atoms with Gasteiger partial charge in [0.25, 0.3) is 5.91 Å². The van der Waals surface area contributed by atoms with Crippen LogP contribution in [0.2, 0.25) is 0 Å². The van der Waals surface area contributed by atoms with Gasteiger partial charge in [-0.1, -0.05) is 36.4 Å². The van der Waals surface area contributed by atoms with Crippen LogP contribution in [0.15, 0.2) is 54.6 Å². The fraction of sp³-hybridized carbons (Fsp3) is 0.190. The highest BCUT2D eigenvalue weighted by molar-refractivity contribution is 6.03. The number of aryl methyl sites for hydroxylation is 3. The van der Waals surface area contributed by atoms with Crippen LogP contribution in [0.3, 0.4) is 0 Å². The summed E-state index contributed by atoms with van der Waals surface area (Å²) in [6.45, 7) is 6.42. The molecule has 3 rings (SSSR count). The average Bonchev–Trinajstić information content (AvgIpc) is 2.59. The Morgan fingerprint density at radius 2 is 1.62 bits per heavy atom. The summed E-state index contributed by atoms with van der Waals surface area (Å²) >= 11 is 0. The summed E-state index contributed by atoms with van der Waals surface area (Å²) in [7, 11) is 0. The number of nitrogens with zero attached hydrogens (tertiary/aromatic N) is 2. The fourth-order valence-electron chi connectivity index (χ4n) is 2.81. The third-order valence-electron chi connectivity index (χ3n) is 3.87. The third-order valence-corrected chi connectivity index (χ3v) is 3.87. The smallest absolute Gasteiger partial charge is 0.274 e. The van der Waals surface area contributed by atoms with E-state index in [0.29, 0.717) is 23.9 Å². The molecule has 0 unspecified atom stereocenters. The summed E-state index contributed by atoms with van der Waals surface area (Å²) < 4.78 is 0. The maximum Gasteiger partial charge on any atom is 0.274 e. The van der Waals surface area contributed by atoms with Gasteiger partial charge in [0.15, 0.2) is 0 Å². The van der Waals surface area contributed by atoms with Gasteiger partial charge in [0.2, 0.25) is 0 Å². The van der Waals surface area contributed by atoms with Crippen molar-refractivity contribution in [1.82, 2.24) is 9.97 Å². The second kappa shape index (κ2) is 7.78. The minimum Gasteiger partial charge on any atom is -0.366 e. The molecule has 0 atom stereocenters. The van der Waals surface area contributed by atoms with Gasteiger partial charge in [0.1, 0.15) is 17.3 Å². The first kappa shape index (κ1) is 17.6. The molecule has 0 bridgehead atoms. The standard InChI is InChI=1S/C21H22N4O/c1-14-9-15(2)11-18(10-14)25-21(26)19-12-20(24-16(3)23-19)22-13-17-7-5-4-6-8-17/h4-12H,13H2,1-3H3,(H,25,26)(H,22,23,24). The van der Waals surface area contributed by atoms with Gasteiger partial charge in [-0.05, 0) is 49.6 Å². The monoisotopic (exact) mass is 346 g/mol. The van der Waals surface area contributed by atoms with Crippen LogP contribution in [0.25, 0.3) is 0 Å². The van der Waals surface area contributed by atoms with Crippen molar-refractivity contribution in [2.45, 2.75) is 27.3 Å². The van der Waals surface area contributed by atoms with Crippen LogP contribution >= 0.6 is 0 Å². The minimum atomic E-state index is -0.247. The fourth-order valence-corrected chi connectivity index (χ4v) is 2.81. The van der Waals surface area contributed by atoms with E-state index >= 15 is 0 Å². The Labute approximate surface area is 153 Å². The number of amides is 1. The summed E-state index contributed by atoms with van der Waals surface area (Å²) in [5, 5.41) is 6.16. The SMILES string of the molecule is Cc1cc(C)cc(NC(=O)c2cc(NCc3ccccc3)nc(C)n2)c1. The molecular weight excluding hydrogens is 324 g/mol. The lowest BCUT2D eigenvalue weighted by Gasteiger charge is -2.10. The summed E-state index contributed by atoms with van der Waals surface area (Å²) in [4.78, 5) is 21.2. The lowest BCUT2D eigenvalue weighted by molar-refractivity contribution is 0.102. The molecule has 2 N–H and O–H groups in total. The van der Waals surface area contributed by atoms with Crippen molar-refractivity contribution in [1.29, 1.82) is 0 Å². The van der Waals surface area contributed by atoms with Crippen molar-refractivity contribution in [3.63, 3.8) is 0 Å². The molecule has 1 amide bonds. The zero-order chi connectivity index (χ0) is 18.5. The highest BCUT2D eigenvalue weighted by atomic mass is 16.1. The molecule has 5 nitrogen and oxygen atoms in total. The van der Waals surface area contributed by atoms with Gasteiger partial charge in [0.05, 0.1) is 0 Å². The first-order valence-electron chi connectivity index (χ1n) is 8.53. The normalized spacial score (nSPS) is 10.4. The molecule has 3 aromatic rings. The van der Waals surface area contributed by atoms with Gasteiger partial charge < -0.3 is 10.6 Å². The van der Waals surface area contributed by atoms with E-state index in [2.05, 4.69) is 26.7 Å². The van der Waals surface area contributed by atoms with Crippen molar-refractivity contribution in [2.75, 3.05) is 10.6 Å². The molecule has 0 fully saturated rings. The maximum atomic E-state index is 12.6. The number of aromatic nitrogens is 2. The predicted octanol–water partition coefficient (Wildman–Crippen LogP) is 4.27. The van der Waals surface area contributed by atoms with Crippen LogP contribution in [-0.2, 0) is 6.54 Å². The number of anilines is 2. The van der Waals surface area contributed by atoms with E-state index in [1.807, 2.05) is 56.3 Å². The lowest BCUT2D eigenvalue weighted by Crippen LogP contribution is -2.16. The Balaban J connectivity index is 1.74. The Bertz CT molecular complexity index is 902. The molecule has 0 aliphatic carbocycles. The topological polar surface area (TPSA) is 66.9 Å². The zero-order valence-corrected chi connectivity index (χ0v) is 15.2. The quantitative estimate of drug-likeness (QED) is 0.724. The van der Waals surface area contributed by atoms with Crippen molar-refractivity contribution in [3.8, 4) is 0 Å². The van der Waals surface area contributed by atoms with Crippen LogP contribution < -0.4 is 10.6 Å². The number of benzene rings is 2. The molecule has 132 valence electrons. The van der Waals surface area contributed by atoms with Gasteiger partial charge in [-0.2, -0.15) is 0 Å². The maximum absolute atomic E-state index is 12.6. The number of nitrogens with one attached hydrogen (secondary N) is 2. The van der Waals surface area contributed by atoms with Crippen molar-refractivity contribution in [2.24, 2.45) is 0 Å². The highest BCUT2D eigenvalue weighted by Crippen LogP contribution is 2.16. The van der Waals surface area contributed by atoms with Crippen LogP contribution in [0.4, 0.5) is 11.5 Å². The molecule has 0 spiro atoms. The molecule has 0 saturated heterocycles. The Kier molecular flexibility index (Phi) is 5.27. The molecule has 0 saturated carbocycles. The van der Waals surface area contributed by atoms with Gasteiger partial charge in [-0.25, -0.2) is 9.97 Å². The number of carbonyl (C=O) groups is 1. The van der Waals surface area contributed by atoms with Gasteiger partial charge >= 0.3 is 0 Å². The molecule has 5 heteroatoms. The number of hydrogen-bond acceptors (Lipinski definition) is 4. The van der Waals surface area contributed by atoms with E-state index in [-0.39, 0.29) is 5.91 Å². The Hall–Kier alpha value is -3.21. The van der Waals surface area contributed by atoms with Crippen molar-refractivity contribution < 1.29 is 4.79 Å². The number of rotatable bonds is 5. The lowest BCUT2D eigenvalue weighted by atomic mass is 10.1. The predicted molar refractivity (Wildman–Crippen MR) is 104 cm³/mol. The first-order chi connectivity index (χ1) is 12.5. The van der Waals surface area contributed by atoms with Crippen LogP contribution in [-0.4, -0.2) is 15.9 Å². The van der Waals surface area contributed by atoms with Crippen molar-refractivity contribution >= 4 is 17.4 Å². The van der Waals surface area contributed by atoms with E-state index in [9.17, 15) is 4.79 Å². The third kappa shape index (κ3) is 4.66. The van der Waals surface area contributed by atoms with Gasteiger partial charge in [-0.3, -0.25) is 4.79 Å². The molecule has 0 aliphatic rings. The largest absolute Gasteiger partial charge is 0.366 e. The van der Waals surface area contributed by atoms with Gasteiger partial charge in [0, 0.05) is 18.3 Å². The van der Waals surface area contributed by atoms with Crippen LogP contribution in [0.5, 0.6) is 0 Å². The summed E-state index contributed by atoms with van der Waals surface area (Å²) in [6, 6.07) is 17.7. The van der Waals surface area contributed by atoms with Crippen LogP contribution in [0.1, 0.15) is 33.0 Å². The summed E-state index contributed by atoms with van der Waals surface area (Å²) in [5.74, 6) is 0.934. The molecule has 26 heavy (non-hydrogen) atoms. The zero-order valence-electron chi connectivity index (χ0n) is 15.2. The summed E-state index contributed by atoms with van der Waals surface area (Å²) in [5.41, 5.74) is 4.45. The second-order valence-corrected chi connectivity index (χ2v) is 6.36. The van der Waals surface area contributed by atoms with E-state index < -0.39 is 0 Å². The molecule has 0 radical (unpaired) electrons. The van der Waals surface area contributed by atoms with Crippen LogP contribution in [0, 0.1) is 20.8 Å². The Morgan fingerprint density at radius 3 is 2.31 bits per heavy atom. The number of carbonyl (C=O) groups excluding carboxylic acids is 1. The number of hydrogen-bond donors (Lipinski definition) is 2. The molecule has 1 aromatic heterocycles. The van der Waals surface area contributed by atoms with E-state index in [1.54, 1.807) is 13.0 Å². The minimum absolute atomic E-state index is 0.247. The first-order valence-corrected chi connectivity index (χ1v) is 8.53. The van der Waals surface area contributed by atoms with Crippen molar-refractivity contribution in [3.05, 3.63) is 82.8 Å². The average molecular weight is 346 g/mol. The highest BCUT2D eigenvalue weighted by Gasteiger charge is 2.11. The molecular formula is C21H22N4O. The second-order valence-electron chi connectivity index (χ2n) is 6.36. The Morgan fingerprint density at radius 1 is 0.923 bits per heavy atom. The molecule has 1 heterocycles. The van der Waals surface area contributed by atoms with E-state index in [1.165, 1.54) is 0 Å². The van der Waals surface area contributed by atoms with E-state index in [0.717, 1.165) is 22.4 Å². The molecule has 0 aliphatic heterocycles. The van der Waals surface area contributed by atoms with E-state index in [4.69, 9.17) is 0 Å². The van der Waals surface area contributed by atoms with Gasteiger partial charge in [-0.15, -0.1) is 0 Å².